The van der Waals surface area contributed by atoms with E-state index in [0.29, 0.717) is 23.5 Å². The summed E-state index contributed by atoms with van der Waals surface area (Å²) in [6, 6.07) is 5.87. The zero-order valence-electron chi connectivity index (χ0n) is 11.2. The van der Waals surface area contributed by atoms with Crippen LogP contribution in [0.3, 0.4) is 0 Å². The summed E-state index contributed by atoms with van der Waals surface area (Å²) in [7, 11) is 1.72. The molecule has 1 aromatic carbocycles. The molecule has 1 saturated carbocycles. The smallest absolute Gasteiger partial charge is 0.349 e. The van der Waals surface area contributed by atoms with Crippen LogP contribution < -0.4 is 16.7 Å². The fraction of sp³-hybridized carbons (Fsp3) is 0.429. The minimum Gasteiger partial charge on any atom is -0.399 e. The van der Waals surface area contributed by atoms with E-state index in [-0.39, 0.29) is 5.69 Å². The molecule has 1 aromatic heterocycles. The first-order valence-corrected chi connectivity index (χ1v) is 6.59. The SMILES string of the molecule is C[C@@H](Nc1nc(=O)n(C)c2ccc(N)cc12)C1CC1. The average Bonchev–Trinajstić information content (AvgIpc) is 3.19. The van der Waals surface area contributed by atoms with Crippen molar-refractivity contribution in [2.24, 2.45) is 13.0 Å². The first-order valence-electron chi connectivity index (χ1n) is 6.59. The van der Waals surface area contributed by atoms with Crippen molar-refractivity contribution in [1.29, 1.82) is 0 Å². The van der Waals surface area contributed by atoms with Gasteiger partial charge in [0.05, 0.1) is 5.52 Å². The van der Waals surface area contributed by atoms with Gasteiger partial charge in [-0.05, 0) is 43.9 Å². The van der Waals surface area contributed by atoms with Crippen molar-refractivity contribution in [1.82, 2.24) is 9.55 Å². The number of anilines is 2. The number of aromatic nitrogens is 2. The predicted molar refractivity (Wildman–Crippen MR) is 77.2 cm³/mol. The predicted octanol–water partition coefficient (Wildman–Crippen LogP) is 1.73. The maximum absolute atomic E-state index is 11.9. The first kappa shape index (κ1) is 12.0. The summed E-state index contributed by atoms with van der Waals surface area (Å²) in [5.74, 6) is 1.34. The molecular formula is C14H18N4O. The highest BCUT2D eigenvalue weighted by Gasteiger charge is 2.28. The van der Waals surface area contributed by atoms with Gasteiger partial charge in [0, 0.05) is 24.2 Å². The molecule has 1 fully saturated rings. The number of aryl methyl sites for hydroxylation is 1. The monoisotopic (exact) mass is 258 g/mol. The molecule has 19 heavy (non-hydrogen) atoms. The summed E-state index contributed by atoms with van der Waals surface area (Å²) in [6.07, 6.45) is 2.50. The fourth-order valence-corrected chi connectivity index (χ4v) is 2.41. The number of nitrogens with one attached hydrogen (secondary N) is 1. The largest absolute Gasteiger partial charge is 0.399 e. The third-order valence-corrected chi connectivity index (χ3v) is 3.82. The first-order chi connectivity index (χ1) is 9.06. The van der Waals surface area contributed by atoms with E-state index in [1.54, 1.807) is 17.7 Å². The van der Waals surface area contributed by atoms with Gasteiger partial charge in [0.1, 0.15) is 5.82 Å². The van der Waals surface area contributed by atoms with E-state index in [0.717, 1.165) is 10.9 Å². The Kier molecular flexibility index (Phi) is 2.69. The summed E-state index contributed by atoms with van der Waals surface area (Å²) >= 11 is 0. The van der Waals surface area contributed by atoms with Crippen LogP contribution in [0.1, 0.15) is 19.8 Å². The molecule has 3 N–H and O–H groups in total. The maximum Gasteiger partial charge on any atom is 0.349 e. The summed E-state index contributed by atoms with van der Waals surface area (Å²) < 4.78 is 1.54. The van der Waals surface area contributed by atoms with Crippen molar-refractivity contribution in [3.8, 4) is 0 Å². The van der Waals surface area contributed by atoms with Crippen molar-refractivity contribution in [3.63, 3.8) is 0 Å². The van der Waals surface area contributed by atoms with Gasteiger partial charge in [0.15, 0.2) is 0 Å². The van der Waals surface area contributed by atoms with Crippen molar-refractivity contribution < 1.29 is 0 Å². The highest BCUT2D eigenvalue weighted by atomic mass is 16.1. The standard InChI is InChI=1S/C14H18N4O/c1-8(9-3-4-9)16-13-11-7-10(15)5-6-12(11)18(2)14(19)17-13/h5-9H,3-4,15H2,1-2H3,(H,16,17,19)/t8-/m1/s1. The van der Waals surface area contributed by atoms with Gasteiger partial charge < -0.3 is 11.1 Å². The topological polar surface area (TPSA) is 72.9 Å². The molecule has 0 amide bonds. The normalized spacial score (nSPS) is 16.5. The molecule has 0 spiro atoms. The highest BCUT2D eigenvalue weighted by Crippen LogP contribution is 2.34. The lowest BCUT2D eigenvalue weighted by Gasteiger charge is -2.16. The zero-order valence-corrected chi connectivity index (χ0v) is 11.2. The van der Waals surface area contributed by atoms with Crippen LogP contribution in [0.25, 0.3) is 10.9 Å². The number of benzene rings is 1. The molecule has 1 aliphatic rings. The number of nitrogens with zero attached hydrogens (tertiary/aromatic N) is 2. The number of rotatable bonds is 3. The molecule has 0 saturated heterocycles. The van der Waals surface area contributed by atoms with Crippen LogP contribution in [0.4, 0.5) is 11.5 Å². The Bertz CT molecular complexity index is 688. The minimum atomic E-state index is -0.247. The van der Waals surface area contributed by atoms with Crippen LogP contribution in [0.5, 0.6) is 0 Å². The van der Waals surface area contributed by atoms with Crippen molar-refractivity contribution in [2.75, 3.05) is 11.1 Å². The molecule has 1 atom stereocenters. The lowest BCUT2D eigenvalue weighted by molar-refractivity contribution is 0.689. The van der Waals surface area contributed by atoms with Crippen LogP contribution in [-0.4, -0.2) is 15.6 Å². The van der Waals surface area contributed by atoms with Gasteiger partial charge in [-0.15, -0.1) is 0 Å². The summed E-state index contributed by atoms with van der Waals surface area (Å²) in [5.41, 5.74) is 7.12. The van der Waals surface area contributed by atoms with Crippen LogP contribution in [0.2, 0.25) is 0 Å². The van der Waals surface area contributed by atoms with E-state index >= 15 is 0 Å². The lowest BCUT2D eigenvalue weighted by atomic mass is 10.1. The van der Waals surface area contributed by atoms with Gasteiger partial charge in [-0.3, -0.25) is 4.57 Å². The molecule has 0 aliphatic heterocycles. The van der Waals surface area contributed by atoms with E-state index in [4.69, 9.17) is 5.73 Å². The molecule has 5 nitrogen and oxygen atoms in total. The number of hydrogen-bond donors (Lipinski definition) is 2. The number of nitrogens with two attached hydrogens (primary N) is 1. The zero-order chi connectivity index (χ0) is 13.6. The molecule has 1 heterocycles. The van der Waals surface area contributed by atoms with E-state index in [1.165, 1.54) is 12.8 Å². The van der Waals surface area contributed by atoms with Gasteiger partial charge >= 0.3 is 5.69 Å². The second-order valence-corrected chi connectivity index (χ2v) is 5.35. The van der Waals surface area contributed by atoms with Crippen LogP contribution in [-0.2, 0) is 7.05 Å². The van der Waals surface area contributed by atoms with E-state index in [9.17, 15) is 4.79 Å². The Labute approximate surface area is 111 Å². The molecule has 0 radical (unpaired) electrons. The Hall–Kier alpha value is -2.04. The van der Waals surface area contributed by atoms with E-state index in [2.05, 4.69) is 17.2 Å². The highest BCUT2D eigenvalue weighted by molar-refractivity contribution is 5.91. The van der Waals surface area contributed by atoms with Gasteiger partial charge in [-0.2, -0.15) is 4.98 Å². The molecule has 0 bridgehead atoms. The van der Waals surface area contributed by atoms with Crippen LogP contribution in [0, 0.1) is 5.92 Å². The molecule has 3 rings (SSSR count). The summed E-state index contributed by atoms with van der Waals surface area (Å²) in [5, 5.41) is 4.26. The maximum atomic E-state index is 11.9. The number of nitrogen functional groups attached to an aromatic ring is 1. The van der Waals surface area contributed by atoms with Gasteiger partial charge in [-0.1, -0.05) is 0 Å². The van der Waals surface area contributed by atoms with Crippen molar-refractivity contribution in [2.45, 2.75) is 25.8 Å². The van der Waals surface area contributed by atoms with E-state index < -0.39 is 0 Å². The summed E-state index contributed by atoms with van der Waals surface area (Å²) in [4.78, 5) is 16.0. The Balaban J connectivity index is 2.13. The van der Waals surface area contributed by atoms with E-state index in [1.807, 2.05) is 12.1 Å². The molecule has 1 aliphatic carbocycles. The van der Waals surface area contributed by atoms with Crippen molar-refractivity contribution in [3.05, 3.63) is 28.7 Å². The summed E-state index contributed by atoms with van der Waals surface area (Å²) in [6.45, 7) is 2.13. The third-order valence-electron chi connectivity index (χ3n) is 3.82. The quantitative estimate of drug-likeness (QED) is 0.822. The van der Waals surface area contributed by atoms with Gasteiger partial charge in [-0.25, -0.2) is 4.79 Å². The van der Waals surface area contributed by atoms with Crippen molar-refractivity contribution >= 4 is 22.4 Å². The third kappa shape index (κ3) is 2.16. The Morgan fingerprint density at radius 1 is 1.47 bits per heavy atom. The lowest BCUT2D eigenvalue weighted by Crippen LogP contribution is -2.25. The second-order valence-electron chi connectivity index (χ2n) is 5.35. The molecule has 100 valence electrons. The average molecular weight is 258 g/mol. The minimum absolute atomic E-state index is 0.247. The molecule has 0 unspecified atom stereocenters. The fourth-order valence-electron chi connectivity index (χ4n) is 2.41. The van der Waals surface area contributed by atoms with Crippen LogP contribution >= 0.6 is 0 Å². The van der Waals surface area contributed by atoms with Gasteiger partial charge in [0.2, 0.25) is 0 Å². The molecule has 2 aromatic rings. The van der Waals surface area contributed by atoms with Gasteiger partial charge in [0.25, 0.3) is 0 Å². The Morgan fingerprint density at radius 2 is 2.21 bits per heavy atom. The van der Waals surface area contributed by atoms with Crippen LogP contribution in [0.15, 0.2) is 23.0 Å². The molecule has 5 heteroatoms. The second kappa shape index (κ2) is 4.26. The number of hydrogen-bond acceptors (Lipinski definition) is 4. The Morgan fingerprint density at radius 3 is 2.89 bits per heavy atom. The molecular weight excluding hydrogens is 240 g/mol. The number of fused-ring (bicyclic) bond motifs is 1.